The Bertz CT molecular complexity index is 566. The van der Waals surface area contributed by atoms with Crippen molar-refractivity contribution in [3.63, 3.8) is 0 Å². The Morgan fingerprint density at radius 2 is 2.00 bits per heavy atom. The number of Topliss-reactive ketones (excluding diaryl/α,β-unsaturated/α-hetero) is 1. The molecule has 2 nitrogen and oxygen atoms in total. The number of rotatable bonds is 0. The van der Waals surface area contributed by atoms with Crippen molar-refractivity contribution >= 4 is 11.6 Å². The largest absolute Gasteiger partial charge is 0.299 e. The predicted molar refractivity (Wildman–Crippen MR) is 77.1 cm³/mol. The first-order valence-electron chi connectivity index (χ1n) is 8.07. The Hall–Kier alpha value is -1.18. The Kier molecular flexibility index (Phi) is 2.61. The lowest BCUT2D eigenvalue weighted by Gasteiger charge is -2.46. The molecule has 0 bridgehead atoms. The van der Waals surface area contributed by atoms with Crippen molar-refractivity contribution in [2.75, 3.05) is 0 Å². The molecule has 0 aromatic heterocycles. The van der Waals surface area contributed by atoms with E-state index in [9.17, 15) is 9.59 Å². The minimum atomic E-state index is 0.191. The molecule has 0 aromatic rings. The Labute approximate surface area is 120 Å². The molecule has 0 unspecified atom stereocenters. The average molecular weight is 270 g/mol. The quantitative estimate of drug-likeness (QED) is 0.671. The molecule has 3 atom stereocenters. The molecular formula is C18H22O2. The summed E-state index contributed by atoms with van der Waals surface area (Å²) >= 11 is 0. The molecule has 0 aromatic carbocycles. The molecule has 0 saturated heterocycles. The van der Waals surface area contributed by atoms with Gasteiger partial charge in [0.1, 0.15) is 5.78 Å². The van der Waals surface area contributed by atoms with Crippen molar-refractivity contribution in [3.05, 3.63) is 22.8 Å². The van der Waals surface area contributed by atoms with Crippen LogP contribution in [0.25, 0.3) is 0 Å². The van der Waals surface area contributed by atoms with Gasteiger partial charge in [-0.25, -0.2) is 0 Å². The minimum Gasteiger partial charge on any atom is -0.299 e. The molecule has 0 aliphatic heterocycles. The van der Waals surface area contributed by atoms with Crippen LogP contribution in [-0.4, -0.2) is 11.6 Å². The number of fused-ring (bicyclic) bond motifs is 4. The van der Waals surface area contributed by atoms with Gasteiger partial charge in [0.05, 0.1) is 0 Å². The van der Waals surface area contributed by atoms with Gasteiger partial charge in [-0.2, -0.15) is 0 Å². The van der Waals surface area contributed by atoms with E-state index >= 15 is 0 Å². The summed E-state index contributed by atoms with van der Waals surface area (Å²) in [5, 5.41) is 0. The van der Waals surface area contributed by atoms with E-state index in [1.54, 1.807) is 6.08 Å². The summed E-state index contributed by atoms with van der Waals surface area (Å²) in [6, 6.07) is 0. The summed E-state index contributed by atoms with van der Waals surface area (Å²) in [6.07, 6.45) is 9.93. The van der Waals surface area contributed by atoms with Crippen molar-refractivity contribution in [1.82, 2.24) is 0 Å². The summed E-state index contributed by atoms with van der Waals surface area (Å²) in [5.41, 5.74) is 4.27. The Balaban J connectivity index is 1.81. The highest BCUT2D eigenvalue weighted by Gasteiger charge is 2.51. The first-order chi connectivity index (χ1) is 9.58. The fraction of sp³-hybridized carbons (Fsp3) is 0.667. The van der Waals surface area contributed by atoms with Crippen molar-refractivity contribution in [3.8, 4) is 0 Å². The minimum absolute atomic E-state index is 0.191. The number of allylic oxidation sites excluding steroid dienone is 4. The number of carbonyl (C=O) groups excluding carboxylic acids is 2. The lowest BCUT2D eigenvalue weighted by molar-refractivity contribution is -0.125. The van der Waals surface area contributed by atoms with E-state index in [-0.39, 0.29) is 11.7 Å². The molecular weight excluding hydrogens is 248 g/mol. The van der Waals surface area contributed by atoms with Gasteiger partial charge in [-0.05, 0) is 60.7 Å². The van der Waals surface area contributed by atoms with Gasteiger partial charge in [-0.3, -0.25) is 9.59 Å². The van der Waals surface area contributed by atoms with E-state index in [4.69, 9.17) is 0 Å². The van der Waals surface area contributed by atoms with Gasteiger partial charge < -0.3 is 0 Å². The van der Waals surface area contributed by atoms with Crippen LogP contribution < -0.4 is 0 Å². The van der Waals surface area contributed by atoms with Gasteiger partial charge in [0, 0.05) is 18.8 Å². The van der Waals surface area contributed by atoms with Crippen LogP contribution in [0, 0.1) is 17.3 Å². The predicted octanol–water partition coefficient (Wildman–Crippen LogP) is 3.76. The topological polar surface area (TPSA) is 34.1 Å². The zero-order chi connectivity index (χ0) is 13.9. The third-order valence-electron chi connectivity index (χ3n) is 6.34. The highest BCUT2D eigenvalue weighted by molar-refractivity contribution is 5.97. The molecule has 0 radical (unpaired) electrons. The van der Waals surface area contributed by atoms with Gasteiger partial charge in [0.2, 0.25) is 0 Å². The van der Waals surface area contributed by atoms with Gasteiger partial charge in [-0.1, -0.05) is 18.9 Å². The first-order valence-corrected chi connectivity index (χ1v) is 8.07. The molecule has 106 valence electrons. The second kappa shape index (κ2) is 4.16. The van der Waals surface area contributed by atoms with Crippen molar-refractivity contribution in [2.45, 2.75) is 58.3 Å². The molecule has 2 heteroatoms. The molecule has 20 heavy (non-hydrogen) atoms. The van der Waals surface area contributed by atoms with Gasteiger partial charge >= 0.3 is 0 Å². The van der Waals surface area contributed by atoms with Crippen LogP contribution in [0.15, 0.2) is 22.8 Å². The van der Waals surface area contributed by atoms with Gasteiger partial charge in [0.25, 0.3) is 0 Å². The smallest absolute Gasteiger partial charge is 0.156 e. The molecule has 2 fully saturated rings. The molecule has 0 amide bonds. The molecule has 4 aliphatic carbocycles. The van der Waals surface area contributed by atoms with E-state index in [0.29, 0.717) is 30.0 Å². The summed E-state index contributed by atoms with van der Waals surface area (Å²) in [5.74, 6) is 1.36. The summed E-state index contributed by atoms with van der Waals surface area (Å²) in [4.78, 5) is 24.3. The maximum Gasteiger partial charge on any atom is 0.156 e. The fourth-order valence-corrected chi connectivity index (χ4v) is 5.30. The summed E-state index contributed by atoms with van der Waals surface area (Å²) in [6.45, 7) is 2.40. The first kappa shape index (κ1) is 12.6. The highest BCUT2D eigenvalue weighted by atomic mass is 16.1. The van der Waals surface area contributed by atoms with Crippen LogP contribution in [-0.2, 0) is 9.59 Å². The maximum atomic E-state index is 12.7. The molecule has 2 saturated carbocycles. The van der Waals surface area contributed by atoms with E-state index < -0.39 is 0 Å². The summed E-state index contributed by atoms with van der Waals surface area (Å²) in [7, 11) is 0. The van der Waals surface area contributed by atoms with Crippen molar-refractivity contribution < 1.29 is 9.59 Å². The van der Waals surface area contributed by atoms with Gasteiger partial charge in [-0.15, -0.1) is 0 Å². The van der Waals surface area contributed by atoms with Gasteiger partial charge in [0.15, 0.2) is 5.78 Å². The third kappa shape index (κ3) is 1.63. The van der Waals surface area contributed by atoms with Crippen LogP contribution in [0.2, 0.25) is 0 Å². The standard InChI is InChI=1S/C18H22O2/c1-18-7-2-3-15(18)17-14(6-8-18)13-5-4-12(19)9-11(13)10-16(17)20/h9,15,17H,2-8,10H2,1H3/t15-,17+,18-/m0/s1. The van der Waals surface area contributed by atoms with Crippen LogP contribution in [0.5, 0.6) is 0 Å². The lowest BCUT2D eigenvalue weighted by Crippen LogP contribution is -2.41. The second-order valence-electron chi connectivity index (χ2n) is 7.41. The fourth-order valence-electron chi connectivity index (χ4n) is 5.30. The maximum absolute atomic E-state index is 12.7. The summed E-state index contributed by atoms with van der Waals surface area (Å²) < 4.78 is 0. The second-order valence-corrected chi connectivity index (χ2v) is 7.41. The zero-order valence-electron chi connectivity index (χ0n) is 12.2. The SMILES string of the molecule is C[C@@]12CCC[C@H]1[C@@H]1C(=O)CC3=CC(=O)CCC3=C1CC2. The third-order valence-corrected chi connectivity index (χ3v) is 6.34. The van der Waals surface area contributed by atoms with E-state index in [1.807, 2.05) is 0 Å². The molecule has 4 aliphatic rings. The molecule has 0 N–H and O–H groups in total. The average Bonchev–Trinajstić information content (AvgIpc) is 2.79. The normalized spacial score (nSPS) is 40.1. The number of hydrogen-bond donors (Lipinski definition) is 0. The van der Waals surface area contributed by atoms with Crippen molar-refractivity contribution in [1.29, 1.82) is 0 Å². The van der Waals surface area contributed by atoms with Crippen molar-refractivity contribution in [2.24, 2.45) is 17.3 Å². The van der Waals surface area contributed by atoms with Crippen LogP contribution in [0.4, 0.5) is 0 Å². The van der Waals surface area contributed by atoms with Crippen LogP contribution >= 0.6 is 0 Å². The number of hydrogen-bond acceptors (Lipinski definition) is 2. The highest BCUT2D eigenvalue weighted by Crippen LogP contribution is 2.59. The molecule has 0 spiro atoms. The van der Waals surface area contributed by atoms with Crippen LogP contribution in [0.1, 0.15) is 58.3 Å². The monoisotopic (exact) mass is 270 g/mol. The molecule has 0 heterocycles. The lowest BCUT2D eigenvalue weighted by atomic mass is 9.57. The Morgan fingerprint density at radius 1 is 1.15 bits per heavy atom. The van der Waals surface area contributed by atoms with E-state index in [2.05, 4.69) is 6.92 Å². The number of ketones is 2. The van der Waals surface area contributed by atoms with E-state index in [0.717, 1.165) is 18.4 Å². The Morgan fingerprint density at radius 3 is 2.85 bits per heavy atom. The van der Waals surface area contributed by atoms with E-state index in [1.165, 1.54) is 36.8 Å². The van der Waals surface area contributed by atoms with Crippen LogP contribution in [0.3, 0.4) is 0 Å². The zero-order valence-corrected chi connectivity index (χ0v) is 12.2. The number of carbonyl (C=O) groups is 2. The molecule has 4 rings (SSSR count).